The molecule has 1 aromatic heterocycles. The maximum atomic E-state index is 4.88. The largest absolute Gasteiger partial charge is 0.573 e. The summed E-state index contributed by atoms with van der Waals surface area (Å²) in [6, 6.07) is 7.56. The molecule has 1 heterocycles. The topological polar surface area (TPSA) is 26.0 Å². The quantitative estimate of drug-likeness (QED) is 0.672. The third kappa shape index (κ3) is 4.01. The molecule has 3 heteroatoms. The zero-order valence-electron chi connectivity index (χ0n) is 7.82. The molecule has 0 saturated heterocycles. The van der Waals surface area contributed by atoms with Crippen molar-refractivity contribution in [3.8, 4) is 0 Å². The number of oxazole rings is 1. The van der Waals surface area contributed by atoms with Crippen LogP contribution in [0.3, 0.4) is 0 Å². The molecule has 13 heavy (non-hydrogen) atoms. The van der Waals surface area contributed by atoms with E-state index in [0.717, 1.165) is 11.1 Å². The SMILES string of the molecule is C[CH-]C.[Y].[c-]1nc2ccccc2o1. The first-order valence-corrected chi connectivity index (χ1v) is 3.84. The van der Waals surface area contributed by atoms with Crippen LogP contribution in [0, 0.1) is 12.8 Å². The number of aromatic nitrogens is 1. The summed E-state index contributed by atoms with van der Waals surface area (Å²) < 4.78 is 4.88. The van der Waals surface area contributed by atoms with Crippen molar-refractivity contribution in [2.75, 3.05) is 0 Å². The first kappa shape index (κ1) is 12.8. The van der Waals surface area contributed by atoms with Gasteiger partial charge in [0.05, 0.1) is 0 Å². The molecule has 0 bridgehead atoms. The smallest absolute Gasteiger partial charge is 0.103 e. The Labute approximate surface area is 104 Å². The molecule has 2 aromatic rings. The van der Waals surface area contributed by atoms with Gasteiger partial charge in [0.25, 0.3) is 0 Å². The molecule has 0 saturated carbocycles. The van der Waals surface area contributed by atoms with Crippen LogP contribution < -0.4 is 0 Å². The fourth-order valence-electron chi connectivity index (χ4n) is 0.757. The zero-order valence-corrected chi connectivity index (χ0v) is 10.7. The molecule has 0 aliphatic rings. The summed E-state index contributed by atoms with van der Waals surface area (Å²) in [5, 5.41) is 0. The molecular formula is C10H11NOY-2. The van der Waals surface area contributed by atoms with Gasteiger partial charge in [0.1, 0.15) is 6.39 Å². The van der Waals surface area contributed by atoms with E-state index in [1.165, 1.54) is 0 Å². The molecular weight excluding hydrogens is 239 g/mol. The van der Waals surface area contributed by atoms with Crippen molar-refractivity contribution in [3.05, 3.63) is 37.1 Å². The fraction of sp³-hybridized carbons (Fsp3) is 0.200. The predicted octanol–water partition coefficient (Wildman–Crippen LogP) is 2.86. The first-order chi connectivity index (χ1) is 5.88. The van der Waals surface area contributed by atoms with E-state index >= 15 is 0 Å². The van der Waals surface area contributed by atoms with Crippen LogP contribution in [0.25, 0.3) is 11.1 Å². The molecule has 0 fully saturated rings. The van der Waals surface area contributed by atoms with Crippen LogP contribution in [-0.2, 0) is 32.7 Å². The Morgan fingerprint density at radius 2 is 1.92 bits per heavy atom. The Hall–Kier alpha value is -0.206. The molecule has 1 aromatic carbocycles. The second-order valence-electron chi connectivity index (χ2n) is 2.35. The van der Waals surface area contributed by atoms with Crippen LogP contribution in [-0.4, -0.2) is 4.98 Å². The van der Waals surface area contributed by atoms with Crippen LogP contribution in [0.2, 0.25) is 0 Å². The van der Waals surface area contributed by atoms with Crippen LogP contribution >= 0.6 is 0 Å². The Kier molecular flexibility index (Phi) is 7.11. The van der Waals surface area contributed by atoms with Gasteiger partial charge in [-0.1, -0.05) is 18.2 Å². The van der Waals surface area contributed by atoms with Crippen LogP contribution in [0.1, 0.15) is 13.8 Å². The molecule has 0 amide bonds. The van der Waals surface area contributed by atoms with E-state index in [4.69, 9.17) is 4.42 Å². The number of fused-ring (bicyclic) bond motifs is 1. The van der Waals surface area contributed by atoms with Crippen molar-refractivity contribution >= 4 is 11.1 Å². The summed E-state index contributed by atoms with van der Waals surface area (Å²) in [6.07, 6.45) is 4.41. The van der Waals surface area contributed by atoms with Gasteiger partial charge >= 0.3 is 0 Å². The summed E-state index contributed by atoms with van der Waals surface area (Å²) >= 11 is 0. The summed E-state index contributed by atoms with van der Waals surface area (Å²) in [7, 11) is 0. The Balaban J connectivity index is 0.000000324. The normalized spacial score (nSPS) is 8.46. The minimum absolute atomic E-state index is 0. The zero-order chi connectivity index (χ0) is 8.81. The van der Waals surface area contributed by atoms with Gasteiger partial charge in [-0.3, -0.25) is 0 Å². The molecule has 2 nitrogen and oxygen atoms in total. The molecule has 67 valence electrons. The van der Waals surface area contributed by atoms with Gasteiger partial charge in [-0.15, -0.1) is 6.07 Å². The molecule has 0 unspecified atom stereocenters. The Morgan fingerprint density at radius 1 is 1.31 bits per heavy atom. The van der Waals surface area contributed by atoms with Crippen molar-refractivity contribution in [1.29, 1.82) is 0 Å². The van der Waals surface area contributed by atoms with E-state index in [-0.39, 0.29) is 32.7 Å². The minimum atomic E-state index is 0. The molecule has 0 atom stereocenters. The molecule has 0 N–H and O–H groups in total. The van der Waals surface area contributed by atoms with E-state index in [1.807, 2.05) is 44.5 Å². The van der Waals surface area contributed by atoms with Crippen molar-refractivity contribution in [3.63, 3.8) is 0 Å². The maximum Gasteiger partial charge on any atom is 0.103 e. The number of hydrogen-bond acceptors (Lipinski definition) is 2. The van der Waals surface area contributed by atoms with Gasteiger partial charge in [-0.2, -0.15) is 13.8 Å². The van der Waals surface area contributed by atoms with E-state index in [0.29, 0.717) is 0 Å². The molecule has 1 radical (unpaired) electrons. The second kappa shape index (κ2) is 7.22. The van der Waals surface area contributed by atoms with Crippen LogP contribution in [0.15, 0.2) is 28.7 Å². The first-order valence-electron chi connectivity index (χ1n) is 3.84. The number of rotatable bonds is 0. The third-order valence-electron chi connectivity index (χ3n) is 1.19. The van der Waals surface area contributed by atoms with E-state index in [2.05, 4.69) is 11.4 Å². The number of nitrogens with zero attached hydrogens (tertiary/aromatic N) is 1. The van der Waals surface area contributed by atoms with Gasteiger partial charge in [0.2, 0.25) is 0 Å². The van der Waals surface area contributed by atoms with E-state index < -0.39 is 0 Å². The molecule has 2 rings (SSSR count). The number of para-hydroxylation sites is 2. The standard InChI is InChI=1S/C7H4NO.C3H7.Y/c1-2-4-7-6(3-1)8-5-9-7;1-3-2;/h1-4H;3H,1-2H3;/q2*-1;. The Morgan fingerprint density at radius 3 is 2.54 bits per heavy atom. The summed E-state index contributed by atoms with van der Waals surface area (Å²) in [6.45, 7) is 4.00. The van der Waals surface area contributed by atoms with Crippen molar-refractivity contribution in [1.82, 2.24) is 4.98 Å². The van der Waals surface area contributed by atoms with Gasteiger partial charge in [0.15, 0.2) is 0 Å². The minimum Gasteiger partial charge on any atom is -0.573 e. The summed E-state index contributed by atoms with van der Waals surface area (Å²) in [5.74, 6) is 0. The molecule has 0 spiro atoms. The van der Waals surface area contributed by atoms with Crippen LogP contribution in [0.4, 0.5) is 0 Å². The van der Waals surface area contributed by atoms with Crippen molar-refractivity contribution < 1.29 is 37.1 Å². The molecule has 0 aliphatic carbocycles. The van der Waals surface area contributed by atoms with E-state index in [9.17, 15) is 0 Å². The van der Waals surface area contributed by atoms with Crippen molar-refractivity contribution in [2.45, 2.75) is 13.8 Å². The monoisotopic (exact) mass is 250 g/mol. The average molecular weight is 250 g/mol. The van der Waals surface area contributed by atoms with Gasteiger partial charge in [-0.05, 0) is 11.1 Å². The number of benzene rings is 1. The van der Waals surface area contributed by atoms with Crippen molar-refractivity contribution in [2.24, 2.45) is 0 Å². The summed E-state index contributed by atoms with van der Waals surface area (Å²) in [5.41, 5.74) is 1.65. The maximum absolute atomic E-state index is 4.88. The third-order valence-corrected chi connectivity index (χ3v) is 1.19. The van der Waals surface area contributed by atoms with Gasteiger partial charge < -0.3 is 15.8 Å². The average Bonchev–Trinajstić information content (AvgIpc) is 2.52. The van der Waals surface area contributed by atoms with Gasteiger partial charge in [0, 0.05) is 32.7 Å². The Bertz CT molecular complexity index is 302. The number of hydrogen-bond donors (Lipinski definition) is 0. The van der Waals surface area contributed by atoms with Gasteiger partial charge in [-0.25, -0.2) is 0 Å². The summed E-state index contributed by atoms with van der Waals surface area (Å²) in [4.78, 5) is 3.83. The predicted molar refractivity (Wildman–Crippen MR) is 48.5 cm³/mol. The van der Waals surface area contributed by atoms with Crippen LogP contribution in [0.5, 0.6) is 0 Å². The second-order valence-corrected chi connectivity index (χ2v) is 2.35. The molecule has 0 aliphatic heterocycles. The fourth-order valence-corrected chi connectivity index (χ4v) is 0.757. The van der Waals surface area contributed by atoms with E-state index in [1.54, 1.807) is 0 Å².